The number of benzene rings is 2. The summed E-state index contributed by atoms with van der Waals surface area (Å²) in [4.78, 5) is 11.8. The van der Waals surface area contributed by atoms with Gasteiger partial charge in [-0.05, 0) is 42.7 Å². The number of hydrogen-bond acceptors (Lipinski definition) is 3. The molecule has 2 heterocycles. The molecule has 0 spiro atoms. The van der Waals surface area contributed by atoms with E-state index in [0.717, 1.165) is 45.4 Å². The van der Waals surface area contributed by atoms with Crippen LogP contribution in [0.25, 0.3) is 22.1 Å². The van der Waals surface area contributed by atoms with Crippen LogP contribution >= 0.6 is 11.6 Å². The van der Waals surface area contributed by atoms with Crippen molar-refractivity contribution in [3.8, 4) is 16.9 Å². The maximum Gasteiger partial charge on any atom is 0.336 e. The van der Waals surface area contributed by atoms with E-state index in [0.29, 0.717) is 17.2 Å². The molecule has 0 atom stereocenters. The molecule has 0 aliphatic carbocycles. The van der Waals surface area contributed by atoms with Crippen LogP contribution in [0.2, 0.25) is 5.02 Å². The van der Waals surface area contributed by atoms with E-state index in [1.54, 1.807) is 6.07 Å². The van der Waals surface area contributed by atoms with Crippen molar-refractivity contribution in [1.82, 2.24) is 0 Å². The Kier molecular flexibility index (Phi) is 3.20. The summed E-state index contributed by atoms with van der Waals surface area (Å²) in [5.41, 5.74) is 5.43. The molecule has 3 nitrogen and oxygen atoms in total. The molecule has 4 rings (SSSR count). The summed E-state index contributed by atoms with van der Waals surface area (Å²) in [5.74, 6) is 0.825. The highest BCUT2D eigenvalue weighted by Crippen LogP contribution is 2.45. The summed E-state index contributed by atoms with van der Waals surface area (Å²) >= 11 is 6.01. The van der Waals surface area contributed by atoms with Crippen LogP contribution in [0, 0.1) is 13.8 Å². The van der Waals surface area contributed by atoms with Gasteiger partial charge in [0.05, 0.1) is 6.61 Å². The zero-order chi connectivity index (χ0) is 16.1. The van der Waals surface area contributed by atoms with Gasteiger partial charge in [0.15, 0.2) is 0 Å². The zero-order valence-electron chi connectivity index (χ0n) is 12.9. The number of aryl methyl sites for hydroxylation is 2. The van der Waals surface area contributed by atoms with Crippen LogP contribution in [0.15, 0.2) is 39.5 Å². The average Bonchev–Trinajstić information content (AvgIpc) is 2.98. The highest BCUT2D eigenvalue weighted by atomic mass is 35.5. The zero-order valence-corrected chi connectivity index (χ0v) is 13.7. The fourth-order valence-corrected chi connectivity index (χ4v) is 3.57. The van der Waals surface area contributed by atoms with E-state index in [1.165, 1.54) is 0 Å². The minimum Gasteiger partial charge on any atom is -0.492 e. The smallest absolute Gasteiger partial charge is 0.336 e. The number of hydrogen-bond donors (Lipinski definition) is 0. The van der Waals surface area contributed by atoms with Gasteiger partial charge in [-0.1, -0.05) is 23.7 Å². The van der Waals surface area contributed by atoms with Crippen LogP contribution in [0.5, 0.6) is 5.75 Å². The third-order valence-electron chi connectivity index (χ3n) is 4.42. The molecule has 23 heavy (non-hydrogen) atoms. The summed E-state index contributed by atoms with van der Waals surface area (Å²) in [7, 11) is 0. The van der Waals surface area contributed by atoms with E-state index in [4.69, 9.17) is 20.8 Å². The second-order valence-electron chi connectivity index (χ2n) is 5.87. The first-order valence-corrected chi connectivity index (χ1v) is 7.92. The van der Waals surface area contributed by atoms with Crippen molar-refractivity contribution in [2.45, 2.75) is 20.3 Å². The predicted molar refractivity (Wildman–Crippen MR) is 91.6 cm³/mol. The van der Waals surface area contributed by atoms with Gasteiger partial charge in [0, 0.05) is 34.0 Å². The van der Waals surface area contributed by atoms with Crippen molar-refractivity contribution in [3.63, 3.8) is 0 Å². The first-order chi connectivity index (χ1) is 11.1. The molecule has 2 aromatic carbocycles. The quantitative estimate of drug-likeness (QED) is 0.610. The van der Waals surface area contributed by atoms with Gasteiger partial charge < -0.3 is 9.15 Å². The van der Waals surface area contributed by atoms with Gasteiger partial charge in [-0.25, -0.2) is 4.79 Å². The van der Waals surface area contributed by atoms with Crippen LogP contribution in [0.3, 0.4) is 0 Å². The Bertz CT molecular complexity index is 984. The van der Waals surface area contributed by atoms with Crippen molar-refractivity contribution in [3.05, 3.63) is 62.5 Å². The first-order valence-electron chi connectivity index (χ1n) is 7.55. The lowest BCUT2D eigenvalue weighted by Gasteiger charge is -2.16. The Morgan fingerprint density at radius 3 is 2.61 bits per heavy atom. The largest absolute Gasteiger partial charge is 0.492 e. The third kappa shape index (κ3) is 2.15. The fraction of sp³-hybridized carbons (Fsp3) is 0.211. The molecule has 0 fully saturated rings. The monoisotopic (exact) mass is 326 g/mol. The van der Waals surface area contributed by atoms with Gasteiger partial charge in [-0.3, -0.25) is 0 Å². The minimum absolute atomic E-state index is 0.317. The predicted octanol–water partition coefficient (Wildman–Crippen LogP) is 4.67. The van der Waals surface area contributed by atoms with Gasteiger partial charge in [-0.2, -0.15) is 0 Å². The number of ether oxygens (including phenoxy) is 1. The standard InChI is InChI=1S/C19H15ClO3/c1-10-9-15(21)23-19-14-7-8-22-18(14)17(11(2)16(10)19)12-3-5-13(20)6-4-12/h3-6,9H,7-8H2,1-2H3. The molecule has 4 heteroatoms. The topological polar surface area (TPSA) is 39.4 Å². The summed E-state index contributed by atoms with van der Waals surface area (Å²) in [6, 6.07) is 9.28. The Labute approximate surface area is 138 Å². The van der Waals surface area contributed by atoms with Crippen LogP contribution in [0.4, 0.5) is 0 Å². The Morgan fingerprint density at radius 1 is 1.13 bits per heavy atom. The molecular weight excluding hydrogens is 312 g/mol. The van der Waals surface area contributed by atoms with E-state index in [-0.39, 0.29) is 5.63 Å². The van der Waals surface area contributed by atoms with E-state index in [9.17, 15) is 4.79 Å². The van der Waals surface area contributed by atoms with Crippen molar-refractivity contribution in [1.29, 1.82) is 0 Å². The molecule has 1 aromatic heterocycles. The number of fused-ring (bicyclic) bond motifs is 3. The van der Waals surface area contributed by atoms with E-state index < -0.39 is 0 Å². The summed E-state index contributed by atoms with van der Waals surface area (Å²) in [5, 5.41) is 1.70. The summed E-state index contributed by atoms with van der Waals surface area (Å²) < 4.78 is 11.4. The molecule has 0 saturated carbocycles. The molecule has 1 aliphatic rings. The van der Waals surface area contributed by atoms with E-state index in [1.807, 2.05) is 38.1 Å². The van der Waals surface area contributed by atoms with E-state index >= 15 is 0 Å². The van der Waals surface area contributed by atoms with Crippen molar-refractivity contribution in [2.75, 3.05) is 6.61 Å². The molecular formula is C19H15ClO3. The van der Waals surface area contributed by atoms with Crippen molar-refractivity contribution >= 4 is 22.6 Å². The maximum atomic E-state index is 11.8. The average molecular weight is 327 g/mol. The van der Waals surface area contributed by atoms with Gasteiger partial charge in [0.1, 0.15) is 11.3 Å². The Balaban J connectivity index is 2.15. The minimum atomic E-state index is -0.317. The van der Waals surface area contributed by atoms with Gasteiger partial charge in [-0.15, -0.1) is 0 Å². The molecule has 1 aliphatic heterocycles. The highest BCUT2D eigenvalue weighted by molar-refractivity contribution is 6.30. The lowest BCUT2D eigenvalue weighted by Crippen LogP contribution is -2.02. The van der Waals surface area contributed by atoms with Gasteiger partial charge >= 0.3 is 5.63 Å². The van der Waals surface area contributed by atoms with Crippen molar-refractivity contribution in [2.24, 2.45) is 0 Å². The van der Waals surface area contributed by atoms with Gasteiger partial charge in [0.25, 0.3) is 0 Å². The molecule has 0 radical (unpaired) electrons. The van der Waals surface area contributed by atoms with Crippen LogP contribution in [-0.4, -0.2) is 6.61 Å². The molecule has 0 unspecified atom stereocenters. The molecule has 3 aromatic rings. The summed E-state index contributed by atoms with van der Waals surface area (Å²) in [6.07, 6.45) is 0.749. The normalized spacial score (nSPS) is 13.2. The SMILES string of the molecule is Cc1cc(=O)oc2c3c(c(-c4ccc(Cl)cc4)c(C)c12)OCC3. The third-order valence-corrected chi connectivity index (χ3v) is 4.67. The Hall–Kier alpha value is -2.26. The Morgan fingerprint density at radius 2 is 1.87 bits per heavy atom. The maximum absolute atomic E-state index is 11.8. The molecule has 0 saturated heterocycles. The highest BCUT2D eigenvalue weighted by Gasteiger charge is 2.26. The lowest BCUT2D eigenvalue weighted by atomic mass is 9.91. The van der Waals surface area contributed by atoms with Crippen LogP contribution in [0.1, 0.15) is 16.7 Å². The molecule has 0 amide bonds. The van der Waals surface area contributed by atoms with Crippen LogP contribution < -0.4 is 10.4 Å². The summed E-state index contributed by atoms with van der Waals surface area (Å²) in [6.45, 7) is 4.59. The van der Waals surface area contributed by atoms with Crippen molar-refractivity contribution < 1.29 is 9.15 Å². The molecule has 116 valence electrons. The number of rotatable bonds is 1. The first kappa shape index (κ1) is 14.3. The lowest BCUT2D eigenvalue weighted by molar-refractivity contribution is 0.358. The second kappa shape index (κ2) is 5.14. The number of halogens is 1. The molecule has 0 N–H and O–H groups in total. The van der Waals surface area contributed by atoms with Gasteiger partial charge in [0.2, 0.25) is 0 Å². The fourth-order valence-electron chi connectivity index (χ4n) is 3.44. The van der Waals surface area contributed by atoms with Crippen LogP contribution in [-0.2, 0) is 6.42 Å². The molecule has 0 bridgehead atoms. The second-order valence-corrected chi connectivity index (χ2v) is 6.30. The van der Waals surface area contributed by atoms with E-state index in [2.05, 4.69) is 0 Å².